The number of carboxylic acid groups (broad SMARTS) is 2. The summed E-state index contributed by atoms with van der Waals surface area (Å²) in [7, 11) is 2.08. The minimum absolute atomic E-state index is 0.181. The molecule has 0 saturated heterocycles. The SMILES string of the molecule is CCCC(CCC)c1ccc(CN(C)c2ccc(-c3csc(CN(CC(=O)O)CC(=O)O)n3)cc2)cc1. The average molecular weight is 524 g/mol. The molecule has 1 heterocycles. The maximum Gasteiger partial charge on any atom is 0.317 e. The van der Waals surface area contributed by atoms with E-state index in [4.69, 9.17) is 10.2 Å². The van der Waals surface area contributed by atoms with Crippen molar-refractivity contribution in [1.29, 1.82) is 0 Å². The van der Waals surface area contributed by atoms with Crippen LogP contribution in [0, 0.1) is 0 Å². The number of carboxylic acids is 2. The largest absolute Gasteiger partial charge is 0.480 e. The van der Waals surface area contributed by atoms with Gasteiger partial charge in [0.15, 0.2) is 0 Å². The van der Waals surface area contributed by atoms with Gasteiger partial charge in [-0.1, -0.05) is 63.1 Å². The molecule has 2 N–H and O–H groups in total. The zero-order valence-corrected chi connectivity index (χ0v) is 22.7. The van der Waals surface area contributed by atoms with Crippen LogP contribution in [0.4, 0.5) is 5.69 Å². The molecule has 0 radical (unpaired) electrons. The summed E-state index contributed by atoms with van der Waals surface area (Å²) in [5.74, 6) is -1.48. The fraction of sp³-hybridized carbons (Fsp3) is 0.414. The molecule has 0 saturated carbocycles. The topological polar surface area (TPSA) is 94.0 Å². The second-order valence-electron chi connectivity index (χ2n) is 9.48. The van der Waals surface area contributed by atoms with Gasteiger partial charge in [-0.25, -0.2) is 4.98 Å². The van der Waals surface area contributed by atoms with Crippen LogP contribution in [-0.2, 0) is 22.7 Å². The van der Waals surface area contributed by atoms with E-state index in [0.717, 1.165) is 23.5 Å². The van der Waals surface area contributed by atoms with Crippen LogP contribution < -0.4 is 4.90 Å². The molecule has 1 aromatic heterocycles. The van der Waals surface area contributed by atoms with Gasteiger partial charge >= 0.3 is 11.9 Å². The van der Waals surface area contributed by atoms with Crippen molar-refractivity contribution in [1.82, 2.24) is 9.88 Å². The fourth-order valence-electron chi connectivity index (χ4n) is 4.58. The number of nitrogens with zero attached hydrogens (tertiary/aromatic N) is 3. The van der Waals surface area contributed by atoms with Crippen LogP contribution in [0.1, 0.15) is 61.6 Å². The summed E-state index contributed by atoms with van der Waals surface area (Å²) >= 11 is 1.40. The Bertz CT molecular complexity index is 1120. The molecule has 0 aliphatic rings. The summed E-state index contributed by atoms with van der Waals surface area (Å²) in [6.07, 6.45) is 4.90. The Morgan fingerprint density at radius 3 is 2.03 bits per heavy atom. The molecule has 2 aromatic carbocycles. The smallest absolute Gasteiger partial charge is 0.317 e. The molecule has 0 amide bonds. The minimum atomic E-state index is -1.06. The lowest BCUT2D eigenvalue weighted by atomic mass is 9.90. The number of carbonyl (C=O) groups is 2. The molecule has 7 nitrogen and oxygen atoms in total. The van der Waals surface area contributed by atoms with Crippen LogP contribution in [0.25, 0.3) is 11.3 Å². The van der Waals surface area contributed by atoms with Crippen LogP contribution in [-0.4, -0.2) is 52.2 Å². The molecular formula is C29H37N3O4S. The van der Waals surface area contributed by atoms with Gasteiger partial charge in [0, 0.05) is 30.2 Å². The van der Waals surface area contributed by atoms with Crippen LogP contribution in [0.2, 0.25) is 0 Å². The van der Waals surface area contributed by atoms with Gasteiger partial charge in [-0.3, -0.25) is 14.5 Å². The highest BCUT2D eigenvalue weighted by atomic mass is 32.1. The molecule has 0 atom stereocenters. The molecule has 3 aromatic rings. The highest BCUT2D eigenvalue weighted by molar-refractivity contribution is 7.09. The van der Waals surface area contributed by atoms with Gasteiger partial charge in [-0.05, 0) is 42.0 Å². The number of benzene rings is 2. The summed E-state index contributed by atoms with van der Waals surface area (Å²) in [5, 5.41) is 20.7. The number of anilines is 1. The monoisotopic (exact) mass is 523 g/mol. The second-order valence-corrected chi connectivity index (χ2v) is 10.4. The van der Waals surface area contributed by atoms with E-state index in [1.54, 1.807) is 0 Å². The average Bonchev–Trinajstić information content (AvgIpc) is 3.32. The highest BCUT2D eigenvalue weighted by Crippen LogP contribution is 2.28. The van der Waals surface area contributed by atoms with E-state index in [9.17, 15) is 9.59 Å². The zero-order chi connectivity index (χ0) is 26.8. The van der Waals surface area contributed by atoms with E-state index >= 15 is 0 Å². The number of aliphatic carboxylic acids is 2. The van der Waals surface area contributed by atoms with Gasteiger partial charge in [0.05, 0.1) is 25.3 Å². The first-order valence-electron chi connectivity index (χ1n) is 12.8. The van der Waals surface area contributed by atoms with Gasteiger partial charge in [0.25, 0.3) is 0 Å². The van der Waals surface area contributed by atoms with E-state index in [2.05, 4.69) is 67.2 Å². The third-order valence-corrected chi connectivity index (χ3v) is 7.21. The summed E-state index contributed by atoms with van der Waals surface area (Å²) in [6.45, 7) is 4.81. The standard InChI is InChI=1S/C29H37N3O4S/c1-4-6-22(7-5-2)23-10-8-21(9-11-23)16-31(3)25-14-12-24(13-15-25)26-20-37-27(30-26)17-32(18-28(33)34)19-29(35)36/h8-15,20,22H,4-7,16-19H2,1-3H3,(H,33,34)(H,35,36). The van der Waals surface area contributed by atoms with Crippen LogP contribution in [0.15, 0.2) is 53.9 Å². The summed E-state index contributed by atoms with van der Waals surface area (Å²) in [6, 6.07) is 17.3. The lowest BCUT2D eigenvalue weighted by molar-refractivity contribution is -0.142. The minimum Gasteiger partial charge on any atom is -0.480 e. The lowest BCUT2D eigenvalue weighted by Crippen LogP contribution is -2.33. The van der Waals surface area contributed by atoms with E-state index in [1.807, 2.05) is 17.5 Å². The van der Waals surface area contributed by atoms with Crippen molar-refractivity contribution in [3.8, 4) is 11.3 Å². The molecule has 0 unspecified atom stereocenters. The molecule has 37 heavy (non-hydrogen) atoms. The van der Waals surface area contributed by atoms with Crippen molar-refractivity contribution in [2.45, 2.75) is 58.5 Å². The van der Waals surface area contributed by atoms with Gasteiger partial charge in [0.1, 0.15) is 5.01 Å². The summed E-state index contributed by atoms with van der Waals surface area (Å²) < 4.78 is 0. The Morgan fingerprint density at radius 1 is 0.892 bits per heavy atom. The van der Waals surface area contributed by atoms with Crippen molar-refractivity contribution in [2.75, 3.05) is 25.0 Å². The van der Waals surface area contributed by atoms with Crippen molar-refractivity contribution in [3.05, 3.63) is 70.0 Å². The fourth-order valence-corrected chi connectivity index (χ4v) is 5.42. The maximum absolute atomic E-state index is 11.0. The van der Waals surface area contributed by atoms with Crippen LogP contribution in [0.3, 0.4) is 0 Å². The number of aromatic nitrogens is 1. The van der Waals surface area contributed by atoms with E-state index in [1.165, 1.54) is 53.0 Å². The number of hydrogen-bond acceptors (Lipinski definition) is 6. The molecule has 3 rings (SSSR count). The Labute approximate surface area is 223 Å². The van der Waals surface area contributed by atoms with Gasteiger partial charge in [-0.2, -0.15) is 0 Å². The molecular weight excluding hydrogens is 486 g/mol. The highest BCUT2D eigenvalue weighted by Gasteiger charge is 2.16. The van der Waals surface area contributed by atoms with Crippen molar-refractivity contribution in [2.24, 2.45) is 0 Å². The van der Waals surface area contributed by atoms with E-state index in [-0.39, 0.29) is 19.6 Å². The molecule has 0 aliphatic heterocycles. The van der Waals surface area contributed by atoms with Gasteiger partial charge in [-0.15, -0.1) is 11.3 Å². The zero-order valence-electron chi connectivity index (χ0n) is 21.9. The third kappa shape index (κ3) is 8.68. The van der Waals surface area contributed by atoms with Crippen molar-refractivity contribution >= 4 is 29.0 Å². The van der Waals surface area contributed by atoms with Crippen molar-refractivity contribution < 1.29 is 19.8 Å². The first kappa shape index (κ1) is 28.3. The quantitative estimate of drug-likeness (QED) is 0.248. The summed E-state index contributed by atoms with van der Waals surface area (Å²) in [4.78, 5) is 30.3. The Balaban J connectivity index is 1.62. The molecule has 0 aliphatic carbocycles. The first-order valence-corrected chi connectivity index (χ1v) is 13.7. The van der Waals surface area contributed by atoms with Gasteiger partial charge in [0.2, 0.25) is 0 Å². The lowest BCUT2D eigenvalue weighted by Gasteiger charge is -2.21. The normalized spacial score (nSPS) is 11.3. The molecule has 0 spiro atoms. The molecule has 198 valence electrons. The Kier molecular flexibility index (Phi) is 10.7. The third-order valence-electron chi connectivity index (χ3n) is 6.38. The number of thiazole rings is 1. The molecule has 8 heteroatoms. The number of hydrogen-bond donors (Lipinski definition) is 2. The predicted molar refractivity (Wildman–Crippen MR) is 149 cm³/mol. The Morgan fingerprint density at radius 2 is 1.49 bits per heavy atom. The molecule has 0 bridgehead atoms. The summed E-state index contributed by atoms with van der Waals surface area (Å²) in [5.41, 5.74) is 5.58. The predicted octanol–water partition coefficient (Wildman–Crippen LogP) is 6.10. The number of rotatable bonds is 15. The van der Waals surface area contributed by atoms with E-state index in [0.29, 0.717) is 10.9 Å². The maximum atomic E-state index is 11.0. The molecule has 0 fully saturated rings. The van der Waals surface area contributed by atoms with Crippen LogP contribution in [0.5, 0.6) is 0 Å². The Hall–Kier alpha value is -3.23. The second kappa shape index (κ2) is 13.9. The van der Waals surface area contributed by atoms with Gasteiger partial charge < -0.3 is 15.1 Å². The van der Waals surface area contributed by atoms with Crippen LogP contribution >= 0.6 is 11.3 Å². The van der Waals surface area contributed by atoms with Crippen molar-refractivity contribution in [3.63, 3.8) is 0 Å². The first-order chi connectivity index (χ1) is 17.8. The van der Waals surface area contributed by atoms with E-state index < -0.39 is 11.9 Å².